The van der Waals surface area contributed by atoms with Crippen LogP contribution in [0.15, 0.2) is 18.2 Å². The van der Waals surface area contributed by atoms with Gasteiger partial charge in [-0.05, 0) is 50.5 Å². The van der Waals surface area contributed by atoms with E-state index in [0.717, 1.165) is 11.1 Å². The predicted octanol–water partition coefficient (Wildman–Crippen LogP) is 3.17. The van der Waals surface area contributed by atoms with Gasteiger partial charge in [0.15, 0.2) is 0 Å². The van der Waals surface area contributed by atoms with Crippen LogP contribution in [0.1, 0.15) is 37.9 Å². The van der Waals surface area contributed by atoms with E-state index in [2.05, 4.69) is 0 Å². The molecule has 20 heavy (non-hydrogen) atoms. The first-order valence-corrected chi connectivity index (χ1v) is 7.08. The molecule has 1 heterocycles. The number of carbonyl (C=O) groups excluding carboxylic acids is 1. The number of ether oxygens (including phenoxy) is 1. The van der Waals surface area contributed by atoms with Crippen LogP contribution in [0.2, 0.25) is 5.02 Å². The second kappa shape index (κ2) is 5.62. The van der Waals surface area contributed by atoms with Gasteiger partial charge in [0.1, 0.15) is 5.60 Å². The fourth-order valence-corrected chi connectivity index (χ4v) is 2.61. The van der Waals surface area contributed by atoms with Crippen LogP contribution in [0.25, 0.3) is 0 Å². The van der Waals surface area contributed by atoms with Crippen LogP contribution in [0.4, 0.5) is 4.79 Å². The van der Waals surface area contributed by atoms with E-state index in [1.165, 1.54) is 0 Å². The van der Waals surface area contributed by atoms with E-state index in [4.69, 9.17) is 16.3 Å². The molecule has 4 nitrogen and oxygen atoms in total. The van der Waals surface area contributed by atoms with E-state index in [1.807, 2.05) is 32.9 Å². The summed E-state index contributed by atoms with van der Waals surface area (Å²) in [5.41, 5.74) is 1.47. The summed E-state index contributed by atoms with van der Waals surface area (Å²) in [6.07, 6.45) is 0.322. The van der Waals surface area contributed by atoms with Crippen LogP contribution in [0.3, 0.4) is 0 Å². The minimum atomic E-state index is -0.544. The van der Waals surface area contributed by atoms with Crippen molar-refractivity contribution in [3.63, 3.8) is 0 Å². The monoisotopic (exact) mass is 297 g/mol. The Morgan fingerprint density at radius 2 is 2.20 bits per heavy atom. The third-order valence-corrected chi connectivity index (χ3v) is 3.50. The molecule has 1 aliphatic heterocycles. The molecule has 1 N–H and O–H groups in total. The van der Waals surface area contributed by atoms with Gasteiger partial charge in [-0.15, -0.1) is 0 Å². The highest BCUT2D eigenvalue weighted by Crippen LogP contribution is 2.32. The largest absolute Gasteiger partial charge is 0.444 e. The van der Waals surface area contributed by atoms with Crippen molar-refractivity contribution in [1.82, 2.24) is 4.90 Å². The van der Waals surface area contributed by atoms with Gasteiger partial charge in [-0.1, -0.05) is 17.7 Å². The van der Waals surface area contributed by atoms with E-state index in [9.17, 15) is 9.90 Å². The number of amides is 1. The Morgan fingerprint density at radius 1 is 1.50 bits per heavy atom. The molecule has 110 valence electrons. The van der Waals surface area contributed by atoms with Gasteiger partial charge in [-0.25, -0.2) is 4.79 Å². The second-order valence-corrected chi connectivity index (χ2v) is 6.40. The zero-order chi connectivity index (χ0) is 14.9. The Morgan fingerprint density at radius 3 is 2.80 bits per heavy atom. The molecular formula is C15H20ClNO3. The van der Waals surface area contributed by atoms with E-state index in [0.29, 0.717) is 18.0 Å². The summed E-state index contributed by atoms with van der Waals surface area (Å²) in [5.74, 6) is 0. The quantitative estimate of drug-likeness (QED) is 0.866. The molecule has 0 radical (unpaired) electrons. The average molecular weight is 298 g/mol. The molecule has 0 unspecified atom stereocenters. The highest BCUT2D eigenvalue weighted by Gasteiger charge is 2.33. The number of aliphatic hydroxyl groups is 1. The number of hydrogen-bond donors (Lipinski definition) is 1. The van der Waals surface area contributed by atoms with Gasteiger partial charge in [0.25, 0.3) is 0 Å². The summed E-state index contributed by atoms with van der Waals surface area (Å²) in [5, 5.41) is 10.3. The van der Waals surface area contributed by atoms with Crippen molar-refractivity contribution >= 4 is 17.7 Å². The predicted molar refractivity (Wildman–Crippen MR) is 77.9 cm³/mol. The first kappa shape index (κ1) is 15.1. The summed E-state index contributed by atoms with van der Waals surface area (Å²) >= 11 is 5.99. The number of fused-ring (bicyclic) bond motifs is 1. The van der Waals surface area contributed by atoms with Crippen LogP contribution in [0, 0.1) is 0 Å². The molecule has 0 spiro atoms. The van der Waals surface area contributed by atoms with Crippen LogP contribution in [0.5, 0.6) is 0 Å². The lowest BCUT2D eigenvalue weighted by Gasteiger charge is -2.37. The summed E-state index contributed by atoms with van der Waals surface area (Å²) in [4.78, 5) is 13.8. The fraction of sp³-hybridized carbons (Fsp3) is 0.533. The van der Waals surface area contributed by atoms with Gasteiger partial charge in [0, 0.05) is 11.6 Å². The molecule has 1 amide bonds. The normalized spacial score (nSPS) is 18.6. The molecule has 0 saturated carbocycles. The van der Waals surface area contributed by atoms with Crippen LogP contribution < -0.4 is 0 Å². The second-order valence-electron chi connectivity index (χ2n) is 5.97. The fourth-order valence-electron chi connectivity index (χ4n) is 2.42. The minimum Gasteiger partial charge on any atom is -0.444 e. The van der Waals surface area contributed by atoms with Gasteiger partial charge >= 0.3 is 6.09 Å². The zero-order valence-corrected chi connectivity index (χ0v) is 12.8. The summed E-state index contributed by atoms with van der Waals surface area (Å²) in [6.45, 7) is 5.88. The van der Waals surface area contributed by atoms with Crippen LogP contribution in [-0.4, -0.2) is 34.9 Å². The van der Waals surface area contributed by atoms with Gasteiger partial charge in [0.05, 0.1) is 12.6 Å². The van der Waals surface area contributed by atoms with Crippen molar-refractivity contribution in [2.24, 2.45) is 0 Å². The number of rotatable bonds is 1. The Balaban J connectivity index is 2.25. The maximum absolute atomic E-state index is 12.2. The summed E-state index contributed by atoms with van der Waals surface area (Å²) in [6, 6.07) is 5.17. The van der Waals surface area contributed by atoms with E-state index < -0.39 is 11.7 Å². The molecule has 2 rings (SSSR count). The van der Waals surface area contributed by atoms with Crippen LogP contribution in [-0.2, 0) is 11.2 Å². The van der Waals surface area contributed by atoms with Gasteiger partial charge in [-0.3, -0.25) is 4.90 Å². The van der Waals surface area contributed by atoms with Gasteiger partial charge in [0.2, 0.25) is 0 Å². The van der Waals surface area contributed by atoms with E-state index in [-0.39, 0.29) is 12.6 Å². The lowest BCUT2D eigenvalue weighted by Crippen LogP contribution is -2.44. The number of aliphatic hydroxyl groups excluding tert-OH is 1. The van der Waals surface area contributed by atoms with E-state index in [1.54, 1.807) is 11.0 Å². The number of benzene rings is 1. The van der Waals surface area contributed by atoms with Crippen LogP contribution >= 0.6 is 11.6 Å². The van der Waals surface area contributed by atoms with Crippen molar-refractivity contribution in [3.8, 4) is 0 Å². The van der Waals surface area contributed by atoms with Crippen molar-refractivity contribution in [2.75, 3.05) is 13.2 Å². The molecule has 1 aromatic rings. The van der Waals surface area contributed by atoms with Gasteiger partial charge < -0.3 is 9.84 Å². The number of hydrogen-bond acceptors (Lipinski definition) is 3. The number of carbonyl (C=O) groups is 1. The smallest absolute Gasteiger partial charge is 0.410 e. The SMILES string of the molecule is CC(C)(C)OC(=O)N1CCc2cc(Cl)ccc2[C@H]1CO. The third-order valence-electron chi connectivity index (χ3n) is 3.26. The number of nitrogens with zero attached hydrogens (tertiary/aromatic N) is 1. The Bertz CT molecular complexity index is 510. The van der Waals surface area contributed by atoms with Crippen molar-refractivity contribution in [2.45, 2.75) is 38.8 Å². The first-order chi connectivity index (χ1) is 9.31. The standard InChI is InChI=1S/C15H20ClNO3/c1-15(2,3)20-14(19)17-7-6-10-8-11(16)4-5-12(10)13(17)9-18/h4-5,8,13,18H,6-7,9H2,1-3H3/t13-/m1/s1. The molecule has 0 aliphatic carbocycles. The maximum Gasteiger partial charge on any atom is 0.410 e. The van der Waals surface area contributed by atoms with Crippen molar-refractivity contribution in [1.29, 1.82) is 0 Å². The Labute approximate surface area is 124 Å². The molecule has 1 aromatic carbocycles. The summed E-state index contributed by atoms with van der Waals surface area (Å²) < 4.78 is 5.40. The van der Waals surface area contributed by atoms with E-state index >= 15 is 0 Å². The molecule has 1 atom stereocenters. The summed E-state index contributed by atoms with van der Waals surface area (Å²) in [7, 11) is 0. The van der Waals surface area contributed by atoms with Crippen molar-refractivity contribution < 1.29 is 14.6 Å². The molecule has 0 bridgehead atoms. The highest BCUT2D eigenvalue weighted by molar-refractivity contribution is 6.30. The molecular weight excluding hydrogens is 278 g/mol. The number of halogens is 1. The Hall–Kier alpha value is -1.26. The third kappa shape index (κ3) is 3.25. The highest BCUT2D eigenvalue weighted by atomic mass is 35.5. The molecule has 1 aliphatic rings. The molecule has 0 aromatic heterocycles. The molecule has 0 fully saturated rings. The molecule has 0 saturated heterocycles. The lowest BCUT2D eigenvalue weighted by molar-refractivity contribution is 0.00695. The van der Waals surface area contributed by atoms with Gasteiger partial charge in [-0.2, -0.15) is 0 Å². The minimum absolute atomic E-state index is 0.131. The topological polar surface area (TPSA) is 49.8 Å². The Kier molecular flexibility index (Phi) is 4.25. The zero-order valence-electron chi connectivity index (χ0n) is 12.0. The first-order valence-electron chi connectivity index (χ1n) is 6.70. The lowest BCUT2D eigenvalue weighted by atomic mass is 9.93. The van der Waals surface area contributed by atoms with Crippen molar-refractivity contribution in [3.05, 3.63) is 34.3 Å². The maximum atomic E-state index is 12.2. The average Bonchev–Trinajstić information content (AvgIpc) is 2.34. The molecule has 5 heteroatoms.